The number of urea groups is 1. The molecule has 5 heteroatoms. The Morgan fingerprint density at radius 1 is 1.23 bits per heavy atom. The zero-order valence-electron chi connectivity index (χ0n) is 15.5. The first-order valence-electron chi connectivity index (χ1n) is 9.81. The molecule has 4 rings (SSSR count). The molecule has 1 atom stereocenters. The standard InChI is InChI=1S/C21H28N4O/c1-24-20-12-6-11-19(18(20)13-22-24)23-21(26)25(15-17-9-5-10-17)14-16-7-3-2-4-8-16/h2-4,7-8,13,17,19H,5-6,9-12,14-15H2,1H3,(H,23,26)/t19-/m1/s1. The van der Waals surface area contributed by atoms with Crippen molar-refractivity contribution in [1.29, 1.82) is 0 Å². The van der Waals surface area contributed by atoms with Crippen LogP contribution in [0.2, 0.25) is 0 Å². The van der Waals surface area contributed by atoms with Gasteiger partial charge >= 0.3 is 6.03 Å². The minimum Gasteiger partial charge on any atom is -0.331 e. The van der Waals surface area contributed by atoms with E-state index in [1.165, 1.54) is 36.1 Å². The normalized spacial score (nSPS) is 19.5. The Labute approximate surface area is 155 Å². The molecule has 0 aliphatic heterocycles. The number of nitrogens with zero attached hydrogens (tertiary/aromatic N) is 3. The van der Waals surface area contributed by atoms with Crippen LogP contribution in [0.5, 0.6) is 0 Å². The fourth-order valence-corrected chi connectivity index (χ4v) is 4.11. The van der Waals surface area contributed by atoms with Gasteiger partial charge in [-0.25, -0.2) is 4.79 Å². The first-order valence-corrected chi connectivity index (χ1v) is 9.81. The lowest BCUT2D eigenvalue weighted by molar-refractivity contribution is 0.160. The summed E-state index contributed by atoms with van der Waals surface area (Å²) < 4.78 is 1.95. The van der Waals surface area contributed by atoms with Crippen molar-refractivity contribution in [3.05, 3.63) is 53.3 Å². The number of hydrogen-bond donors (Lipinski definition) is 1. The van der Waals surface area contributed by atoms with Gasteiger partial charge in [-0.05, 0) is 43.6 Å². The molecule has 0 saturated heterocycles. The largest absolute Gasteiger partial charge is 0.331 e. The predicted molar refractivity (Wildman–Crippen MR) is 102 cm³/mol. The van der Waals surface area contributed by atoms with Gasteiger partial charge in [-0.2, -0.15) is 5.10 Å². The summed E-state index contributed by atoms with van der Waals surface area (Å²) >= 11 is 0. The molecule has 1 saturated carbocycles. The van der Waals surface area contributed by atoms with Crippen LogP contribution in [-0.4, -0.2) is 27.3 Å². The number of aromatic nitrogens is 2. The van der Waals surface area contributed by atoms with E-state index >= 15 is 0 Å². The van der Waals surface area contributed by atoms with E-state index in [2.05, 4.69) is 22.5 Å². The first-order chi connectivity index (χ1) is 12.7. The minimum atomic E-state index is 0.0578. The summed E-state index contributed by atoms with van der Waals surface area (Å²) in [5, 5.41) is 7.69. The van der Waals surface area contributed by atoms with Crippen LogP contribution in [-0.2, 0) is 20.0 Å². The number of amides is 2. The van der Waals surface area contributed by atoms with Crippen LogP contribution in [0.1, 0.15) is 55.0 Å². The Morgan fingerprint density at radius 2 is 2.04 bits per heavy atom. The molecule has 5 nitrogen and oxygen atoms in total. The molecule has 2 aliphatic carbocycles. The summed E-state index contributed by atoms with van der Waals surface area (Å²) in [4.78, 5) is 15.1. The monoisotopic (exact) mass is 352 g/mol. The molecule has 2 aromatic rings. The number of benzene rings is 1. The van der Waals surface area contributed by atoms with Crippen molar-refractivity contribution in [2.75, 3.05) is 6.54 Å². The number of fused-ring (bicyclic) bond motifs is 1. The average Bonchev–Trinajstić information content (AvgIpc) is 3.00. The predicted octanol–water partition coefficient (Wildman–Crippen LogP) is 3.81. The van der Waals surface area contributed by atoms with E-state index in [0.29, 0.717) is 12.5 Å². The lowest BCUT2D eigenvalue weighted by Gasteiger charge is -2.34. The molecule has 0 radical (unpaired) electrons. The van der Waals surface area contributed by atoms with E-state index in [4.69, 9.17) is 0 Å². The summed E-state index contributed by atoms with van der Waals surface area (Å²) in [7, 11) is 1.99. The van der Waals surface area contributed by atoms with Crippen molar-refractivity contribution < 1.29 is 4.79 Å². The molecule has 2 amide bonds. The maximum Gasteiger partial charge on any atom is 0.318 e. The van der Waals surface area contributed by atoms with E-state index in [1.54, 1.807) is 0 Å². The number of carbonyl (C=O) groups excluding carboxylic acids is 1. The van der Waals surface area contributed by atoms with Gasteiger partial charge in [0.25, 0.3) is 0 Å². The second kappa shape index (κ2) is 7.52. The van der Waals surface area contributed by atoms with Gasteiger partial charge in [-0.3, -0.25) is 4.68 Å². The minimum absolute atomic E-state index is 0.0578. The molecule has 1 heterocycles. The van der Waals surface area contributed by atoms with E-state index in [-0.39, 0.29) is 12.1 Å². The second-order valence-electron chi connectivity index (χ2n) is 7.73. The fourth-order valence-electron chi connectivity index (χ4n) is 4.11. The Hall–Kier alpha value is -2.30. The van der Waals surface area contributed by atoms with Crippen molar-refractivity contribution in [2.24, 2.45) is 13.0 Å². The zero-order valence-corrected chi connectivity index (χ0v) is 15.5. The SMILES string of the molecule is Cn1ncc2c1CCC[C@H]2NC(=O)N(Cc1ccccc1)CC1CCC1. The van der Waals surface area contributed by atoms with Gasteiger partial charge in [-0.1, -0.05) is 36.8 Å². The number of hydrogen-bond acceptors (Lipinski definition) is 2. The van der Waals surface area contributed by atoms with Crippen molar-refractivity contribution >= 4 is 6.03 Å². The molecule has 138 valence electrons. The Balaban J connectivity index is 1.47. The van der Waals surface area contributed by atoms with Crippen LogP contribution in [0.4, 0.5) is 4.79 Å². The average molecular weight is 352 g/mol. The fraction of sp³-hybridized carbons (Fsp3) is 0.524. The lowest BCUT2D eigenvalue weighted by atomic mass is 9.85. The van der Waals surface area contributed by atoms with Crippen molar-refractivity contribution in [3.63, 3.8) is 0 Å². The van der Waals surface area contributed by atoms with Gasteiger partial charge in [0, 0.05) is 31.4 Å². The van der Waals surface area contributed by atoms with Crippen LogP contribution < -0.4 is 5.32 Å². The molecule has 0 bridgehead atoms. The molecule has 26 heavy (non-hydrogen) atoms. The number of carbonyl (C=O) groups is 1. The summed E-state index contributed by atoms with van der Waals surface area (Å²) in [5.41, 5.74) is 3.64. The highest BCUT2D eigenvalue weighted by atomic mass is 16.2. The molecule has 0 unspecified atom stereocenters. The van der Waals surface area contributed by atoms with Crippen LogP contribution in [0.15, 0.2) is 36.5 Å². The van der Waals surface area contributed by atoms with Gasteiger partial charge in [0.2, 0.25) is 0 Å². The first kappa shape index (κ1) is 17.1. The maximum atomic E-state index is 13.1. The quantitative estimate of drug-likeness (QED) is 0.889. The third-order valence-corrected chi connectivity index (χ3v) is 5.88. The van der Waals surface area contributed by atoms with Gasteiger partial charge in [0.15, 0.2) is 0 Å². The van der Waals surface area contributed by atoms with Gasteiger partial charge < -0.3 is 10.2 Å². The van der Waals surface area contributed by atoms with Crippen molar-refractivity contribution in [1.82, 2.24) is 20.0 Å². The highest BCUT2D eigenvalue weighted by molar-refractivity contribution is 5.75. The van der Waals surface area contributed by atoms with Gasteiger partial charge in [0.05, 0.1) is 12.2 Å². The lowest BCUT2D eigenvalue weighted by Crippen LogP contribution is -2.44. The summed E-state index contributed by atoms with van der Waals surface area (Å²) in [6.45, 7) is 1.53. The van der Waals surface area contributed by atoms with E-state index in [1.807, 2.05) is 41.0 Å². The molecule has 1 N–H and O–H groups in total. The Bertz CT molecular complexity index is 751. The van der Waals surface area contributed by atoms with E-state index in [9.17, 15) is 4.79 Å². The Kier molecular flexibility index (Phi) is 4.96. The van der Waals surface area contributed by atoms with Crippen LogP contribution in [0.3, 0.4) is 0 Å². The van der Waals surface area contributed by atoms with Crippen LogP contribution >= 0.6 is 0 Å². The van der Waals surface area contributed by atoms with Crippen molar-refractivity contribution in [3.8, 4) is 0 Å². The molecule has 1 fully saturated rings. The summed E-state index contributed by atoms with van der Waals surface area (Å²) in [5.74, 6) is 0.657. The summed E-state index contributed by atoms with van der Waals surface area (Å²) in [6.07, 6.45) is 8.85. The molecule has 1 aromatic carbocycles. The number of aryl methyl sites for hydroxylation is 1. The number of rotatable bonds is 5. The smallest absolute Gasteiger partial charge is 0.318 e. The Morgan fingerprint density at radius 3 is 2.77 bits per heavy atom. The van der Waals surface area contributed by atoms with E-state index < -0.39 is 0 Å². The molecular weight excluding hydrogens is 324 g/mol. The van der Waals surface area contributed by atoms with Gasteiger partial charge in [-0.15, -0.1) is 0 Å². The second-order valence-corrected chi connectivity index (χ2v) is 7.73. The third kappa shape index (κ3) is 3.62. The highest BCUT2D eigenvalue weighted by Crippen LogP contribution is 2.30. The van der Waals surface area contributed by atoms with Gasteiger partial charge in [0.1, 0.15) is 0 Å². The van der Waals surface area contributed by atoms with Crippen LogP contribution in [0, 0.1) is 5.92 Å². The van der Waals surface area contributed by atoms with E-state index in [0.717, 1.165) is 25.8 Å². The molecule has 2 aliphatic rings. The molecular formula is C21H28N4O. The molecule has 1 aromatic heterocycles. The number of nitrogens with one attached hydrogen (secondary N) is 1. The topological polar surface area (TPSA) is 50.2 Å². The maximum absolute atomic E-state index is 13.1. The van der Waals surface area contributed by atoms with Crippen molar-refractivity contribution in [2.45, 2.75) is 51.1 Å². The zero-order chi connectivity index (χ0) is 17.9. The third-order valence-electron chi connectivity index (χ3n) is 5.88. The highest BCUT2D eigenvalue weighted by Gasteiger charge is 2.28. The van der Waals surface area contributed by atoms with Crippen LogP contribution in [0.25, 0.3) is 0 Å². The summed E-state index contributed by atoms with van der Waals surface area (Å²) in [6, 6.07) is 10.4. The molecule has 0 spiro atoms.